The molecule has 0 aromatic heterocycles. The molecule has 0 aliphatic rings. The zero-order valence-electron chi connectivity index (χ0n) is 15.5. The van der Waals surface area contributed by atoms with E-state index in [0.29, 0.717) is 31.8 Å². The van der Waals surface area contributed by atoms with Crippen LogP contribution in [0.25, 0.3) is 0 Å². The minimum Gasteiger partial charge on any atom is -0.394 e. The molecule has 0 amide bonds. The van der Waals surface area contributed by atoms with E-state index in [1.807, 2.05) is 0 Å². The number of hydrogen-bond acceptors (Lipinski definition) is 3. The molecule has 0 aromatic carbocycles. The maximum Gasteiger partial charge on any atom is 0.135 e. The summed E-state index contributed by atoms with van der Waals surface area (Å²) in [4.78, 5) is 11.6. The van der Waals surface area contributed by atoms with Gasteiger partial charge in [-0.3, -0.25) is 4.79 Å². The van der Waals surface area contributed by atoms with Gasteiger partial charge in [-0.1, -0.05) is 84.0 Å². The van der Waals surface area contributed by atoms with Gasteiger partial charge >= 0.3 is 0 Å². The van der Waals surface area contributed by atoms with Crippen molar-refractivity contribution in [1.82, 2.24) is 0 Å². The predicted octanol–water partition coefficient (Wildman–Crippen LogP) is 5.44. The number of aliphatic hydroxyl groups is 1. The highest BCUT2D eigenvalue weighted by Crippen LogP contribution is 2.13. The fourth-order valence-corrected chi connectivity index (χ4v) is 2.82. The number of rotatable bonds is 19. The SMILES string of the molecule is CCCCCCCCCCCCCCCC(=O)CCOCCO. The van der Waals surface area contributed by atoms with E-state index in [4.69, 9.17) is 9.84 Å². The fourth-order valence-electron chi connectivity index (χ4n) is 2.82. The summed E-state index contributed by atoms with van der Waals surface area (Å²) in [5, 5.41) is 8.56. The number of aliphatic hydroxyl groups excluding tert-OH is 1. The van der Waals surface area contributed by atoms with Gasteiger partial charge in [0, 0.05) is 12.8 Å². The van der Waals surface area contributed by atoms with Gasteiger partial charge in [-0.15, -0.1) is 0 Å². The zero-order valence-corrected chi connectivity index (χ0v) is 15.5. The Balaban J connectivity index is 3.08. The van der Waals surface area contributed by atoms with Crippen LogP contribution >= 0.6 is 0 Å². The molecule has 0 radical (unpaired) electrons. The van der Waals surface area contributed by atoms with E-state index in [0.717, 1.165) is 6.42 Å². The Hall–Kier alpha value is -0.410. The molecule has 0 unspecified atom stereocenters. The Kier molecular flexibility index (Phi) is 19.3. The first-order chi connectivity index (χ1) is 11.3. The zero-order chi connectivity index (χ0) is 17.0. The van der Waals surface area contributed by atoms with Gasteiger partial charge in [0.05, 0.1) is 19.8 Å². The molecule has 0 bridgehead atoms. The molecule has 0 fully saturated rings. The predicted molar refractivity (Wildman–Crippen MR) is 97.8 cm³/mol. The monoisotopic (exact) mass is 328 g/mol. The second-order valence-electron chi connectivity index (χ2n) is 6.62. The van der Waals surface area contributed by atoms with Crippen molar-refractivity contribution in [1.29, 1.82) is 0 Å². The van der Waals surface area contributed by atoms with Crippen molar-refractivity contribution in [2.24, 2.45) is 0 Å². The highest BCUT2D eigenvalue weighted by molar-refractivity contribution is 5.78. The summed E-state index contributed by atoms with van der Waals surface area (Å²) in [6.07, 6.45) is 18.5. The van der Waals surface area contributed by atoms with Gasteiger partial charge in [-0.25, -0.2) is 0 Å². The lowest BCUT2D eigenvalue weighted by atomic mass is 10.0. The first-order valence-electron chi connectivity index (χ1n) is 10.0. The molecule has 3 nitrogen and oxygen atoms in total. The van der Waals surface area contributed by atoms with E-state index >= 15 is 0 Å². The maximum atomic E-state index is 11.6. The van der Waals surface area contributed by atoms with Gasteiger partial charge in [-0.2, -0.15) is 0 Å². The normalized spacial score (nSPS) is 11.0. The van der Waals surface area contributed by atoms with Crippen LogP contribution in [-0.4, -0.2) is 30.7 Å². The highest BCUT2D eigenvalue weighted by atomic mass is 16.5. The van der Waals surface area contributed by atoms with Crippen molar-refractivity contribution in [3.8, 4) is 0 Å². The van der Waals surface area contributed by atoms with Crippen LogP contribution in [0.4, 0.5) is 0 Å². The standard InChI is InChI=1S/C20H40O3/c1-2-3-4-5-6-7-8-9-10-11-12-13-14-15-20(22)16-18-23-19-17-21/h21H,2-19H2,1H3. The first-order valence-corrected chi connectivity index (χ1v) is 10.0. The molecule has 1 N–H and O–H groups in total. The molecular weight excluding hydrogens is 288 g/mol. The largest absolute Gasteiger partial charge is 0.394 e. The van der Waals surface area contributed by atoms with Crippen molar-refractivity contribution in [3.05, 3.63) is 0 Å². The van der Waals surface area contributed by atoms with Crippen molar-refractivity contribution in [2.45, 2.75) is 103 Å². The Bertz CT molecular complexity index is 241. The third-order valence-electron chi connectivity index (χ3n) is 4.32. The number of Topliss-reactive ketones (excluding diaryl/α,β-unsaturated/α-hetero) is 1. The fraction of sp³-hybridized carbons (Fsp3) is 0.950. The number of unbranched alkanes of at least 4 members (excludes halogenated alkanes) is 12. The molecule has 0 aliphatic heterocycles. The second-order valence-corrected chi connectivity index (χ2v) is 6.62. The van der Waals surface area contributed by atoms with Gasteiger partial charge in [0.2, 0.25) is 0 Å². The van der Waals surface area contributed by atoms with Gasteiger partial charge in [0.15, 0.2) is 0 Å². The second kappa shape index (κ2) is 19.6. The molecule has 0 atom stereocenters. The minimum absolute atomic E-state index is 0.0348. The van der Waals surface area contributed by atoms with Gasteiger partial charge in [-0.05, 0) is 6.42 Å². The van der Waals surface area contributed by atoms with Crippen LogP contribution in [-0.2, 0) is 9.53 Å². The van der Waals surface area contributed by atoms with E-state index in [1.54, 1.807) is 0 Å². The summed E-state index contributed by atoms with van der Waals surface area (Å²) in [5.74, 6) is 0.297. The number of carbonyl (C=O) groups excluding carboxylic acids is 1. The number of carbonyl (C=O) groups is 1. The summed E-state index contributed by atoms with van der Waals surface area (Å²) < 4.78 is 5.10. The molecule has 138 valence electrons. The molecule has 0 aliphatic carbocycles. The number of ketones is 1. The molecule has 0 spiro atoms. The maximum absolute atomic E-state index is 11.6. The van der Waals surface area contributed by atoms with Crippen LogP contribution in [0.3, 0.4) is 0 Å². The van der Waals surface area contributed by atoms with E-state index in [1.165, 1.54) is 77.0 Å². The van der Waals surface area contributed by atoms with E-state index in [-0.39, 0.29) is 6.61 Å². The summed E-state index contributed by atoms with van der Waals surface area (Å²) in [6.45, 7) is 3.10. The van der Waals surface area contributed by atoms with Crippen molar-refractivity contribution in [2.75, 3.05) is 19.8 Å². The van der Waals surface area contributed by atoms with Crippen LogP contribution in [0.15, 0.2) is 0 Å². The van der Waals surface area contributed by atoms with Gasteiger partial charge in [0.1, 0.15) is 5.78 Å². The first kappa shape index (κ1) is 22.6. The van der Waals surface area contributed by atoms with Crippen LogP contribution in [0.1, 0.15) is 103 Å². The van der Waals surface area contributed by atoms with Crippen LogP contribution < -0.4 is 0 Å². The van der Waals surface area contributed by atoms with Crippen LogP contribution in [0.5, 0.6) is 0 Å². The number of ether oxygens (including phenoxy) is 1. The molecule has 23 heavy (non-hydrogen) atoms. The van der Waals surface area contributed by atoms with E-state index in [2.05, 4.69) is 6.92 Å². The summed E-state index contributed by atoms with van der Waals surface area (Å²) in [5.41, 5.74) is 0. The Morgan fingerprint density at radius 3 is 1.65 bits per heavy atom. The Morgan fingerprint density at radius 2 is 1.17 bits per heavy atom. The molecule has 0 heterocycles. The summed E-state index contributed by atoms with van der Waals surface area (Å²) >= 11 is 0. The van der Waals surface area contributed by atoms with Gasteiger partial charge < -0.3 is 9.84 Å². The Labute approximate surface area is 144 Å². The van der Waals surface area contributed by atoms with Crippen molar-refractivity contribution < 1.29 is 14.6 Å². The molecule has 0 saturated heterocycles. The molecule has 3 heteroatoms. The molecule has 0 rings (SSSR count). The lowest BCUT2D eigenvalue weighted by Gasteiger charge is -2.04. The smallest absolute Gasteiger partial charge is 0.135 e. The third kappa shape index (κ3) is 19.5. The van der Waals surface area contributed by atoms with E-state index < -0.39 is 0 Å². The van der Waals surface area contributed by atoms with Crippen LogP contribution in [0, 0.1) is 0 Å². The molecule has 0 saturated carbocycles. The average molecular weight is 329 g/mol. The van der Waals surface area contributed by atoms with Gasteiger partial charge in [0.25, 0.3) is 0 Å². The Morgan fingerprint density at radius 1 is 0.696 bits per heavy atom. The summed E-state index contributed by atoms with van der Waals surface area (Å²) in [6, 6.07) is 0. The van der Waals surface area contributed by atoms with E-state index in [9.17, 15) is 4.79 Å². The van der Waals surface area contributed by atoms with Crippen LogP contribution in [0.2, 0.25) is 0 Å². The lowest BCUT2D eigenvalue weighted by Crippen LogP contribution is -2.06. The molecular formula is C20H40O3. The number of hydrogen-bond donors (Lipinski definition) is 1. The minimum atomic E-state index is 0.0348. The van der Waals surface area contributed by atoms with Crippen molar-refractivity contribution >= 4 is 5.78 Å². The molecule has 0 aromatic rings. The van der Waals surface area contributed by atoms with Crippen molar-refractivity contribution in [3.63, 3.8) is 0 Å². The lowest BCUT2D eigenvalue weighted by molar-refractivity contribution is -0.120. The quantitative estimate of drug-likeness (QED) is 0.321. The third-order valence-corrected chi connectivity index (χ3v) is 4.32. The summed E-state index contributed by atoms with van der Waals surface area (Å²) in [7, 11) is 0. The highest BCUT2D eigenvalue weighted by Gasteiger charge is 2.01. The topological polar surface area (TPSA) is 46.5 Å². The average Bonchev–Trinajstić information content (AvgIpc) is 2.56.